The highest BCUT2D eigenvalue weighted by Gasteiger charge is 2.31. The molecule has 0 saturated heterocycles. The standard InChI is InChI=1S/C13H16N2O4/c16-8-10-3-4-11(12(7-10)15(18)19)14-9-13(17)5-1-2-6-13/h3-4,7-8,14,17H,1-2,5-6,9H2. The number of aldehydes is 1. The molecule has 1 saturated carbocycles. The van der Waals surface area contributed by atoms with Gasteiger partial charge in [-0.25, -0.2) is 0 Å². The van der Waals surface area contributed by atoms with E-state index in [1.165, 1.54) is 18.2 Å². The molecule has 1 aliphatic carbocycles. The first kappa shape index (κ1) is 13.5. The molecule has 2 N–H and O–H groups in total. The van der Waals surface area contributed by atoms with Crippen molar-refractivity contribution in [2.45, 2.75) is 31.3 Å². The Labute approximate surface area is 110 Å². The second kappa shape index (κ2) is 5.36. The minimum absolute atomic E-state index is 0.147. The number of nitro groups is 1. The normalized spacial score (nSPS) is 17.1. The van der Waals surface area contributed by atoms with Crippen LogP contribution >= 0.6 is 0 Å². The summed E-state index contributed by atoms with van der Waals surface area (Å²) in [4.78, 5) is 21.0. The van der Waals surface area contributed by atoms with E-state index < -0.39 is 10.5 Å². The Kier molecular flexibility index (Phi) is 3.80. The van der Waals surface area contributed by atoms with Crippen LogP contribution in [0, 0.1) is 10.1 Å². The molecule has 1 aromatic rings. The van der Waals surface area contributed by atoms with Gasteiger partial charge in [0.1, 0.15) is 12.0 Å². The van der Waals surface area contributed by atoms with Crippen molar-refractivity contribution >= 4 is 17.7 Å². The summed E-state index contributed by atoms with van der Waals surface area (Å²) in [5, 5.41) is 24.1. The summed E-state index contributed by atoms with van der Waals surface area (Å²) in [6.45, 7) is 0.286. The fourth-order valence-corrected chi connectivity index (χ4v) is 2.39. The predicted molar refractivity (Wildman–Crippen MR) is 70.4 cm³/mol. The first-order valence-corrected chi connectivity index (χ1v) is 6.24. The Balaban J connectivity index is 2.15. The van der Waals surface area contributed by atoms with Gasteiger partial charge in [-0.05, 0) is 25.0 Å². The van der Waals surface area contributed by atoms with E-state index in [9.17, 15) is 20.0 Å². The molecule has 1 fully saturated rings. The van der Waals surface area contributed by atoms with Crippen LogP contribution in [0.25, 0.3) is 0 Å². The summed E-state index contributed by atoms with van der Waals surface area (Å²) in [6.07, 6.45) is 3.94. The molecule has 1 aromatic carbocycles. The van der Waals surface area contributed by atoms with Crippen LogP contribution in [0.1, 0.15) is 36.0 Å². The summed E-state index contributed by atoms with van der Waals surface area (Å²) < 4.78 is 0. The molecule has 2 rings (SSSR count). The highest BCUT2D eigenvalue weighted by Crippen LogP contribution is 2.31. The number of nitrogens with zero attached hydrogens (tertiary/aromatic N) is 1. The molecule has 0 aliphatic heterocycles. The topological polar surface area (TPSA) is 92.5 Å². The average molecular weight is 264 g/mol. The van der Waals surface area contributed by atoms with Crippen LogP contribution in [-0.4, -0.2) is 28.5 Å². The number of hydrogen-bond donors (Lipinski definition) is 2. The summed E-state index contributed by atoms with van der Waals surface area (Å²) >= 11 is 0. The summed E-state index contributed by atoms with van der Waals surface area (Å²) in [5.74, 6) is 0. The Morgan fingerprint density at radius 1 is 1.42 bits per heavy atom. The number of nitro benzene ring substituents is 1. The lowest BCUT2D eigenvalue weighted by Crippen LogP contribution is -2.33. The molecule has 0 radical (unpaired) electrons. The molecule has 6 heteroatoms. The SMILES string of the molecule is O=Cc1ccc(NCC2(O)CCCC2)c([N+](=O)[O-])c1. The van der Waals surface area contributed by atoms with Crippen LogP contribution in [0.5, 0.6) is 0 Å². The maximum absolute atomic E-state index is 11.0. The summed E-state index contributed by atoms with van der Waals surface area (Å²) in [7, 11) is 0. The first-order chi connectivity index (χ1) is 9.04. The van der Waals surface area contributed by atoms with E-state index in [1.54, 1.807) is 0 Å². The fraction of sp³-hybridized carbons (Fsp3) is 0.462. The molecule has 0 aromatic heterocycles. The van der Waals surface area contributed by atoms with Crippen molar-refractivity contribution in [1.82, 2.24) is 0 Å². The average Bonchev–Trinajstić information content (AvgIpc) is 2.83. The second-order valence-electron chi connectivity index (χ2n) is 4.94. The van der Waals surface area contributed by atoms with Gasteiger partial charge in [-0.15, -0.1) is 0 Å². The fourth-order valence-electron chi connectivity index (χ4n) is 2.39. The van der Waals surface area contributed by atoms with Gasteiger partial charge in [0.15, 0.2) is 0 Å². The number of benzene rings is 1. The van der Waals surface area contributed by atoms with Gasteiger partial charge < -0.3 is 10.4 Å². The van der Waals surface area contributed by atoms with Crippen LogP contribution in [0.15, 0.2) is 18.2 Å². The van der Waals surface area contributed by atoms with E-state index in [-0.39, 0.29) is 17.8 Å². The molecule has 6 nitrogen and oxygen atoms in total. The third-order valence-corrected chi connectivity index (χ3v) is 3.50. The van der Waals surface area contributed by atoms with Gasteiger partial charge in [-0.2, -0.15) is 0 Å². The van der Waals surface area contributed by atoms with Crippen molar-refractivity contribution < 1.29 is 14.8 Å². The van der Waals surface area contributed by atoms with Gasteiger partial charge in [0, 0.05) is 18.2 Å². The monoisotopic (exact) mass is 264 g/mol. The van der Waals surface area contributed by atoms with Gasteiger partial charge in [0.25, 0.3) is 5.69 Å². The Morgan fingerprint density at radius 2 is 2.11 bits per heavy atom. The largest absolute Gasteiger partial charge is 0.388 e. The van der Waals surface area contributed by atoms with Crippen LogP contribution < -0.4 is 5.32 Å². The zero-order valence-corrected chi connectivity index (χ0v) is 10.5. The Morgan fingerprint density at radius 3 is 2.68 bits per heavy atom. The first-order valence-electron chi connectivity index (χ1n) is 6.24. The zero-order valence-electron chi connectivity index (χ0n) is 10.5. The van der Waals surface area contributed by atoms with Gasteiger partial charge in [-0.1, -0.05) is 12.8 Å². The highest BCUT2D eigenvalue weighted by atomic mass is 16.6. The zero-order chi connectivity index (χ0) is 13.9. The molecule has 0 spiro atoms. The van der Waals surface area contributed by atoms with Crippen molar-refractivity contribution in [2.75, 3.05) is 11.9 Å². The van der Waals surface area contributed by atoms with E-state index in [2.05, 4.69) is 5.32 Å². The van der Waals surface area contributed by atoms with E-state index in [1.807, 2.05) is 0 Å². The van der Waals surface area contributed by atoms with E-state index in [0.29, 0.717) is 24.8 Å². The van der Waals surface area contributed by atoms with Crippen LogP contribution in [0.2, 0.25) is 0 Å². The number of hydrogen-bond acceptors (Lipinski definition) is 5. The molecule has 0 unspecified atom stereocenters. The molecule has 0 atom stereocenters. The maximum Gasteiger partial charge on any atom is 0.293 e. The third-order valence-electron chi connectivity index (χ3n) is 3.50. The molecule has 0 bridgehead atoms. The minimum atomic E-state index is -0.781. The van der Waals surface area contributed by atoms with Crippen molar-refractivity contribution in [3.8, 4) is 0 Å². The lowest BCUT2D eigenvalue weighted by Gasteiger charge is -2.22. The van der Waals surface area contributed by atoms with E-state index >= 15 is 0 Å². The molecule has 19 heavy (non-hydrogen) atoms. The number of nitrogens with one attached hydrogen (secondary N) is 1. The van der Waals surface area contributed by atoms with E-state index in [4.69, 9.17) is 0 Å². The Hall–Kier alpha value is -1.95. The van der Waals surface area contributed by atoms with Gasteiger partial charge in [0.05, 0.1) is 10.5 Å². The number of carbonyl (C=O) groups is 1. The molecular weight excluding hydrogens is 248 g/mol. The molecule has 1 aliphatic rings. The maximum atomic E-state index is 11.0. The summed E-state index contributed by atoms with van der Waals surface area (Å²) in [6, 6.07) is 4.25. The summed E-state index contributed by atoms with van der Waals surface area (Å²) in [5.41, 5.74) is -0.337. The van der Waals surface area contributed by atoms with Gasteiger partial charge in [0.2, 0.25) is 0 Å². The highest BCUT2D eigenvalue weighted by molar-refractivity contribution is 5.79. The van der Waals surface area contributed by atoms with Crippen LogP contribution in [-0.2, 0) is 0 Å². The predicted octanol–water partition coefficient (Wildman–Crippen LogP) is 2.12. The lowest BCUT2D eigenvalue weighted by molar-refractivity contribution is -0.384. The smallest absolute Gasteiger partial charge is 0.293 e. The van der Waals surface area contributed by atoms with Gasteiger partial charge >= 0.3 is 0 Å². The number of carbonyl (C=O) groups excluding carboxylic acids is 1. The van der Waals surface area contributed by atoms with Crippen molar-refractivity contribution in [2.24, 2.45) is 0 Å². The number of rotatable bonds is 5. The van der Waals surface area contributed by atoms with Crippen molar-refractivity contribution in [3.05, 3.63) is 33.9 Å². The third kappa shape index (κ3) is 3.08. The number of aliphatic hydroxyl groups is 1. The minimum Gasteiger partial charge on any atom is -0.388 e. The van der Waals surface area contributed by atoms with Crippen molar-refractivity contribution in [1.29, 1.82) is 0 Å². The number of anilines is 1. The second-order valence-corrected chi connectivity index (χ2v) is 4.94. The lowest BCUT2D eigenvalue weighted by atomic mass is 10.0. The van der Waals surface area contributed by atoms with Gasteiger partial charge in [-0.3, -0.25) is 14.9 Å². The Bertz CT molecular complexity index is 495. The quantitative estimate of drug-likeness (QED) is 0.483. The molecule has 0 heterocycles. The van der Waals surface area contributed by atoms with Crippen LogP contribution in [0.3, 0.4) is 0 Å². The van der Waals surface area contributed by atoms with Crippen LogP contribution in [0.4, 0.5) is 11.4 Å². The molecular formula is C13H16N2O4. The van der Waals surface area contributed by atoms with E-state index in [0.717, 1.165) is 12.8 Å². The van der Waals surface area contributed by atoms with Crippen molar-refractivity contribution in [3.63, 3.8) is 0 Å². The molecule has 102 valence electrons. The molecule has 0 amide bonds.